The lowest BCUT2D eigenvalue weighted by atomic mass is 9.97. The van der Waals surface area contributed by atoms with Crippen LogP contribution < -0.4 is 0 Å². The normalized spacial score (nSPS) is 10.7. The molecule has 2 heterocycles. The molecule has 0 saturated carbocycles. The molecule has 3 aromatic rings. The van der Waals surface area contributed by atoms with Gasteiger partial charge in [0.2, 0.25) is 0 Å². The maximum Gasteiger partial charge on any atom is 0.0355 e. The van der Waals surface area contributed by atoms with E-state index in [1.54, 1.807) is 22.7 Å². The van der Waals surface area contributed by atoms with E-state index in [4.69, 9.17) is 0 Å². The molecule has 0 fully saturated rings. The van der Waals surface area contributed by atoms with Gasteiger partial charge in [-0.15, -0.1) is 22.7 Å². The zero-order valence-corrected chi connectivity index (χ0v) is 11.8. The fourth-order valence-corrected chi connectivity index (χ4v) is 3.71. The van der Waals surface area contributed by atoms with E-state index in [9.17, 15) is 0 Å². The molecule has 1 radical (unpaired) electrons. The number of hydrogen-bond donors (Lipinski definition) is 0. The zero-order chi connectivity index (χ0) is 12.4. The third-order valence-corrected chi connectivity index (χ3v) is 4.77. The fourth-order valence-electron chi connectivity index (χ4n) is 2.15. The monoisotopic (exact) mass is 269 g/mol. The van der Waals surface area contributed by atoms with E-state index < -0.39 is 0 Å². The molecule has 0 amide bonds. The largest absolute Gasteiger partial charge is 0.144 e. The van der Waals surface area contributed by atoms with Gasteiger partial charge in [0.15, 0.2) is 0 Å². The van der Waals surface area contributed by atoms with Crippen LogP contribution in [0.4, 0.5) is 0 Å². The molecule has 0 aliphatic rings. The van der Waals surface area contributed by atoms with Gasteiger partial charge in [-0.05, 0) is 40.9 Å². The molecule has 0 nitrogen and oxygen atoms in total. The Morgan fingerprint density at radius 3 is 2.33 bits per heavy atom. The molecule has 0 atom stereocenters. The van der Waals surface area contributed by atoms with Crippen LogP contribution in [0.5, 0.6) is 0 Å². The number of rotatable bonds is 3. The topological polar surface area (TPSA) is 0 Å². The molecule has 2 heteroatoms. The van der Waals surface area contributed by atoms with Gasteiger partial charge in [-0.1, -0.05) is 31.2 Å². The van der Waals surface area contributed by atoms with E-state index in [1.807, 2.05) is 6.07 Å². The van der Waals surface area contributed by atoms with Gasteiger partial charge in [-0.2, -0.15) is 0 Å². The van der Waals surface area contributed by atoms with Gasteiger partial charge in [0, 0.05) is 20.9 Å². The molecule has 0 spiro atoms. The lowest BCUT2D eigenvalue weighted by molar-refractivity contribution is 1.14. The quantitative estimate of drug-likeness (QED) is 0.588. The molecular formula is C16H13S2. The van der Waals surface area contributed by atoms with Crippen LogP contribution in [-0.2, 0) is 6.42 Å². The van der Waals surface area contributed by atoms with Crippen molar-refractivity contribution >= 4 is 22.7 Å². The van der Waals surface area contributed by atoms with Crippen LogP contribution in [0.15, 0.2) is 47.2 Å². The first kappa shape index (κ1) is 11.7. The van der Waals surface area contributed by atoms with E-state index in [1.165, 1.54) is 26.4 Å². The molecule has 1 aromatic carbocycles. The third kappa shape index (κ3) is 2.02. The SMILES string of the molecule is CCc1cc[c]c(-c2cccs2)c1-c1cccs1. The Bertz CT molecular complexity index is 619. The average Bonchev–Trinajstić information content (AvgIpc) is 3.10. The molecular weight excluding hydrogens is 256 g/mol. The first-order valence-electron chi connectivity index (χ1n) is 6.01. The van der Waals surface area contributed by atoms with E-state index in [-0.39, 0.29) is 0 Å². The van der Waals surface area contributed by atoms with E-state index in [2.05, 4.69) is 54.1 Å². The van der Waals surface area contributed by atoms with Crippen molar-refractivity contribution in [2.45, 2.75) is 13.3 Å². The minimum Gasteiger partial charge on any atom is -0.144 e. The van der Waals surface area contributed by atoms with Crippen molar-refractivity contribution in [3.8, 4) is 20.9 Å². The third-order valence-electron chi connectivity index (χ3n) is 3.00. The summed E-state index contributed by atoms with van der Waals surface area (Å²) in [6, 6.07) is 16.2. The Morgan fingerprint density at radius 2 is 1.72 bits per heavy atom. The van der Waals surface area contributed by atoms with Crippen LogP contribution in [0, 0.1) is 6.07 Å². The van der Waals surface area contributed by atoms with Crippen LogP contribution in [0.3, 0.4) is 0 Å². The van der Waals surface area contributed by atoms with Crippen molar-refractivity contribution in [1.29, 1.82) is 0 Å². The summed E-state index contributed by atoms with van der Waals surface area (Å²) in [6.07, 6.45) is 1.06. The lowest BCUT2D eigenvalue weighted by Gasteiger charge is -2.11. The second kappa shape index (κ2) is 5.09. The summed E-state index contributed by atoms with van der Waals surface area (Å²) in [7, 11) is 0. The molecule has 89 valence electrons. The predicted molar refractivity (Wildman–Crippen MR) is 81.3 cm³/mol. The van der Waals surface area contributed by atoms with Gasteiger partial charge in [0.1, 0.15) is 0 Å². The Labute approximate surface area is 116 Å². The first-order valence-corrected chi connectivity index (χ1v) is 7.77. The highest BCUT2D eigenvalue weighted by Crippen LogP contribution is 2.38. The Kier molecular flexibility index (Phi) is 3.31. The summed E-state index contributed by atoms with van der Waals surface area (Å²) in [5.74, 6) is 0. The molecule has 0 aliphatic carbocycles. The van der Waals surface area contributed by atoms with Gasteiger partial charge < -0.3 is 0 Å². The molecule has 0 saturated heterocycles. The summed E-state index contributed by atoms with van der Waals surface area (Å²) in [5, 5.41) is 4.26. The second-order valence-electron chi connectivity index (χ2n) is 4.06. The van der Waals surface area contributed by atoms with E-state index in [0.717, 1.165) is 6.42 Å². The van der Waals surface area contributed by atoms with Gasteiger partial charge >= 0.3 is 0 Å². The first-order chi connectivity index (χ1) is 8.90. The Hall–Kier alpha value is -1.38. The van der Waals surface area contributed by atoms with Crippen molar-refractivity contribution in [3.63, 3.8) is 0 Å². The summed E-state index contributed by atoms with van der Waals surface area (Å²) < 4.78 is 0. The lowest BCUT2D eigenvalue weighted by Crippen LogP contribution is -1.89. The molecule has 18 heavy (non-hydrogen) atoms. The number of benzene rings is 1. The second-order valence-corrected chi connectivity index (χ2v) is 5.96. The van der Waals surface area contributed by atoms with E-state index in [0.29, 0.717) is 0 Å². The minimum atomic E-state index is 1.06. The van der Waals surface area contributed by atoms with Gasteiger partial charge in [-0.3, -0.25) is 0 Å². The summed E-state index contributed by atoms with van der Waals surface area (Å²) in [5.41, 5.74) is 4.00. The maximum absolute atomic E-state index is 3.42. The fraction of sp³-hybridized carbons (Fsp3) is 0.125. The maximum atomic E-state index is 3.42. The molecule has 2 aromatic heterocycles. The standard InChI is InChI=1S/C16H13S2/c1-2-12-6-3-7-13(14-8-4-10-17-14)16(12)15-9-5-11-18-15/h3-6,8-11H,2H2,1H3. The van der Waals surface area contributed by atoms with Crippen LogP contribution in [0.1, 0.15) is 12.5 Å². The van der Waals surface area contributed by atoms with Gasteiger partial charge in [-0.25, -0.2) is 0 Å². The van der Waals surface area contributed by atoms with Crippen LogP contribution in [0.25, 0.3) is 20.9 Å². The smallest absolute Gasteiger partial charge is 0.0355 e. The Balaban J connectivity index is 2.26. The number of thiophene rings is 2. The zero-order valence-electron chi connectivity index (χ0n) is 10.1. The highest BCUT2D eigenvalue weighted by Gasteiger charge is 2.12. The van der Waals surface area contributed by atoms with Crippen molar-refractivity contribution in [2.75, 3.05) is 0 Å². The van der Waals surface area contributed by atoms with Gasteiger partial charge in [0.25, 0.3) is 0 Å². The minimum absolute atomic E-state index is 1.06. The average molecular weight is 269 g/mol. The summed E-state index contributed by atoms with van der Waals surface area (Å²) >= 11 is 3.58. The van der Waals surface area contributed by atoms with Crippen LogP contribution >= 0.6 is 22.7 Å². The molecule has 0 aliphatic heterocycles. The number of aryl methyl sites for hydroxylation is 1. The molecule has 3 rings (SSSR count). The molecule has 0 N–H and O–H groups in total. The van der Waals surface area contributed by atoms with Crippen molar-refractivity contribution < 1.29 is 0 Å². The summed E-state index contributed by atoms with van der Waals surface area (Å²) in [6.45, 7) is 2.21. The highest BCUT2D eigenvalue weighted by atomic mass is 32.1. The highest BCUT2D eigenvalue weighted by molar-refractivity contribution is 7.14. The van der Waals surface area contributed by atoms with Crippen LogP contribution in [-0.4, -0.2) is 0 Å². The Morgan fingerprint density at radius 1 is 1.00 bits per heavy atom. The predicted octanol–water partition coefficient (Wildman–Crippen LogP) is 5.51. The van der Waals surface area contributed by atoms with E-state index >= 15 is 0 Å². The molecule has 0 bridgehead atoms. The van der Waals surface area contributed by atoms with Crippen LogP contribution in [0.2, 0.25) is 0 Å². The van der Waals surface area contributed by atoms with Crippen molar-refractivity contribution in [2.24, 2.45) is 0 Å². The number of hydrogen-bond acceptors (Lipinski definition) is 2. The summed E-state index contributed by atoms with van der Waals surface area (Å²) in [4.78, 5) is 2.64. The van der Waals surface area contributed by atoms with Gasteiger partial charge in [0.05, 0.1) is 0 Å². The molecule has 0 unspecified atom stereocenters. The van der Waals surface area contributed by atoms with Crippen molar-refractivity contribution in [3.05, 3.63) is 58.8 Å². The van der Waals surface area contributed by atoms with Crippen molar-refractivity contribution in [1.82, 2.24) is 0 Å².